The van der Waals surface area contributed by atoms with E-state index in [4.69, 9.17) is 10.6 Å². The molecule has 2 N–H and O–H groups in total. The summed E-state index contributed by atoms with van der Waals surface area (Å²) in [5.74, 6) is 6.90. The molecule has 2 amide bonds. The number of fused-ring (bicyclic) bond motifs is 2. The van der Waals surface area contributed by atoms with Crippen LogP contribution in [0.1, 0.15) is 53.4 Å². The molecule has 186 valence electrons. The van der Waals surface area contributed by atoms with Crippen molar-refractivity contribution < 1.29 is 14.3 Å². The van der Waals surface area contributed by atoms with Crippen LogP contribution in [0, 0.1) is 10.8 Å². The van der Waals surface area contributed by atoms with E-state index in [1.807, 2.05) is 59.5 Å². The number of likely N-dealkylation sites (tertiary alicyclic amines) is 1. The fraction of sp³-hybridized carbons (Fsp3) is 0.357. The van der Waals surface area contributed by atoms with Crippen LogP contribution in [0.25, 0.3) is 0 Å². The lowest BCUT2D eigenvalue weighted by Gasteiger charge is -2.28. The lowest BCUT2D eigenvalue weighted by molar-refractivity contribution is -0.130. The first-order chi connectivity index (χ1) is 17.3. The number of allylic oxidation sites excluding steroid dienone is 1. The van der Waals surface area contributed by atoms with Gasteiger partial charge in [0.25, 0.3) is 5.91 Å². The molecule has 3 unspecified atom stereocenters. The molecule has 8 nitrogen and oxygen atoms in total. The Morgan fingerprint density at radius 2 is 1.92 bits per heavy atom. The van der Waals surface area contributed by atoms with Crippen molar-refractivity contribution in [3.05, 3.63) is 99.7 Å². The maximum Gasteiger partial charge on any atom is 0.269 e. The number of rotatable bonds is 7. The number of ether oxygens (including phenoxy) is 1. The summed E-state index contributed by atoms with van der Waals surface area (Å²) in [6.45, 7) is 4.31. The highest BCUT2D eigenvalue weighted by Gasteiger charge is 2.37. The molecule has 8 heteroatoms. The van der Waals surface area contributed by atoms with Gasteiger partial charge in [-0.15, -0.1) is 0 Å². The highest BCUT2D eigenvalue weighted by atomic mass is 16.5. The number of carbonyl (C=O) groups is 2. The first-order valence-electron chi connectivity index (χ1n) is 12.2. The largest absolute Gasteiger partial charge is 0.491 e. The Labute approximate surface area is 210 Å². The van der Waals surface area contributed by atoms with Gasteiger partial charge in [0.05, 0.1) is 18.5 Å². The van der Waals surface area contributed by atoms with Crippen LogP contribution in [-0.4, -0.2) is 46.5 Å². The Bertz CT molecular complexity index is 1250. The molecule has 0 bridgehead atoms. The molecule has 0 radical (unpaired) electrons. The van der Waals surface area contributed by atoms with E-state index in [1.165, 1.54) is 5.01 Å². The quantitative estimate of drug-likeness (QED) is 0.363. The minimum Gasteiger partial charge on any atom is -0.491 e. The Morgan fingerprint density at radius 3 is 2.67 bits per heavy atom. The monoisotopic (exact) mass is 486 g/mol. The van der Waals surface area contributed by atoms with Gasteiger partial charge in [-0.25, -0.2) is 5.84 Å². The maximum absolute atomic E-state index is 13.2. The van der Waals surface area contributed by atoms with E-state index in [-0.39, 0.29) is 42.8 Å². The predicted molar refractivity (Wildman–Crippen MR) is 135 cm³/mol. The number of carbonyl (C=O) groups excluding carboxylic acids is 2. The third kappa shape index (κ3) is 4.44. The molecular formula is C28H30N4O4. The predicted octanol–water partition coefficient (Wildman–Crippen LogP) is 3.88. The van der Waals surface area contributed by atoms with Gasteiger partial charge in [0.1, 0.15) is 17.9 Å². The van der Waals surface area contributed by atoms with Crippen LogP contribution >= 0.6 is 0 Å². The molecule has 2 heterocycles. The van der Waals surface area contributed by atoms with Gasteiger partial charge in [-0.3, -0.25) is 14.6 Å². The van der Waals surface area contributed by atoms with Crippen molar-refractivity contribution >= 4 is 11.8 Å². The summed E-state index contributed by atoms with van der Waals surface area (Å²) in [7, 11) is 0. The van der Waals surface area contributed by atoms with E-state index in [0.29, 0.717) is 17.9 Å². The van der Waals surface area contributed by atoms with Crippen molar-refractivity contribution in [2.45, 2.75) is 44.3 Å². The molecule has 0 aromatic heterocycles. The van der Waals surface area contributed by atoms with E-state index in [2.05, 4.69) is 11.3 Å². The maximum atomic E-state index is 13.2. The van der Waals surface area contributed by atoms with E-state index in [9.17, 15) is 14.5 Å². The van der Waals surface area contributed by atoms with Gasteiger partial charge in [0, 0.05) is 18.0 Å². The zero-order valence-electron chi connectivity index (χ0n) is 20.5. The zero-order chi connectivity index (χ0) is 25.4. The third-order valence-electron chi connectivity index (χ3n) is 7.15. The molecule has 2 aromatic rings. The molecule has 2 aromatic carbocycles. The van der Waals surface area contributed by atoms with Crippen molar-refractivity contribution in [2.24, 2.45) is 16.9 Å². The van der Waals surface area contributed by atoms with E-state index in [0.717, 1.165) is 23.1 Å². The number of hydrogen-bond donors (Lipinski definition) is 1. The Balaban J connectivity index is 1.26. The molecule has 3 atom stereocenters. The van der Waals surface area contributed by atoms with Crippen molar-refractivity contribution in [1.29, 1.82) is 0 Å². The number of amides is 2. The van der Waals surface area contributed by atoms with Crippen LogP contribution in [0.3, 0.4) is 0 Å². The molecule has 0 saturated carbocycles. The van der Waals surface area contributed by atoms with Crippen LogP contribution in [-0.2, 0) is 16.0 Å². The summed E-state index contributed by atoms with van der Waals surface area (Å²) in [4.78, 5) is 38.6. The van der Waals surface area contributed by atoms with E-state index < -0.39 is 5.54 Å². The van der Waals surface area contributed by atoms with Crippen molar-refractivity contribution in [2.75, 3.05) is 13.2 Å². The van der Waals surface area contributed by atoms with Gasteiger partial charge in [0.2, 0.25) is 5.91 Å². The Hall–Kier alpha value is -3.78. The summed E-state index contributed by atoms with van der Waals surface area (Å²) >= 11 is 0. The fourth-order valence-corrected chi connectivity index (χ4v) is 5.15. The highest BCUT2D eigenvalue weighted by Crippen LogP contribution is 2.36. The molecule has 3 aliphatic rings. The molecule has 36 heavy (non-hydrogen) atoms. The minimum atomic E-state index is -0.808. The number of benzene rings is 2. The summed E-state index contributed by atoms with van der Waals surface area (Å²) in [5.41, 5.74) is 2.51. The van der Waals surface area contributed by atoms with Crippen LogP contribution in [0.4, 0.5) is 0 Å². The first kappa shape index (κ1) is 23.9. The number of nitrogens with two attached hydrogens (primary N) is 1. The lowest BCUT2D eigenvalue weighted by atomic mass is 9.94. The molecule has 2 aliphatic heterocycles. The molecule has 1 saturated heterocycles. The second kappa shape index (κ2) is 9.35. The Kier molecular flexibility index (Phi) is 6.22. The van der Waals surface area contributed by atoms with Crippen molar-refractivity contribution in [3.8, 4) is 0 Å². The molecule has 1 aliphatic carbocycles. The average molecular weight is 487 g/mol. The smallest absolute Gasteiger partial charge is 0.269 e. The second-order valence-corrected chi connectivity index (χ2v) is 10.3. The number of nitroso groups, excluding NO2 is 1. The summed E-state index contributed by atoms with van der Waals surface area (Å²) in [5, 5.41) is 4.36. The fourth-order valence-electron chi connectivity index (χ4n) is 5.15. The molecular weight excluding hydrogens is 456 g/mol. The van der Waals surface area contributed by atoms with Crippen LogP contribution in [0.2, 0.25) is 0 Å². The number of hydrogen-bond acceptors (Lipinski definition) is 6. The second-order valence-electron chi connectivity index (χ2n) is 10.3. The molecule has 5 rings (SSSR count). The SMILES string of the molecule is CC(C)(COC1=CC2C(C=C1)CCN2C(=O)Cc1ccc(C2c3ccccc3C(=O)N2N)cc1)N=O. The molecule has 0 spiro atoms. The molecule has 1 fully saturated rings. The van der Waals surface area contributed by atoms with Crippen LogP contribution < -0.4 is 5.84 Å². The summed E-state index contributed by atoms with van der Waals surface area (Å²) in [6.07, 6.45) is 7.17. The first-order valence-corrected chi connectivity index (χ1v) is 12.2. The Morgan fingerprint density at radius 1 is 1.17 bits per heavy atom. The topological polar surface area (TPSA) is 105 Å². The third-order valence-corrected chi connectivity index (χ3v) is 7.15. The lowest BCUT2D eigenvalue weighted by Crippen LogP contribution is -2.38. The van der Waals surface area contributed by atoms with Crippen molar-refractivity contribution in [1.82, 2.24) is 9.91 Å². The average Bonchev–Trinajstić information content (AvgIpc) is 3.42. The summed E-state index contributed by atoms with van der Waals surface area (Å²) in [6, 6.07) is 14.8. The number of nitrogens with zero attached hydrogens (tertiary/aromatic N) is 3. The van der Waals surface area contributed by atoms with Crippen LogP contribution in [0.5, 0.6) is 0 Å². The van der Waals surface area contributed by atoms with Gasteiger partial charge in [-0.1, -0.05) is 53.7 Å². The van der Waals surface area contributed by atoms with Gasteiger partial charge in [-0.05, 0) is 55.2 Å². The van der Waals surface area contributed by atoms with Crippen LogP contribution in [0.15, 0.2) is 77.7 Å². The highest BCUT2D eigenvalue weighted by molar-refractivity contribution is 5.99. The number of hydrazine groups is 1. The van der Waals surface area contributed by atoms with Gasteiger partial charge >= 0.3 is 0 Å². The van der Waals surface area contributed by atoms with Crippen molar-refractivity contribution in [3.63, 3.8) is 0 Å². The van der Waals surface area contributed by atoms with Gasteiger partial charge in [0.15, 0.2) is 0 Å². The standard InChI is InChI=1S/C28H30N4O4/c1-28(2,30-35)17-36-21-12-11-19-13-14-31(24(19)16-21)25(33)15-18-7-9-20(10-8-18)26-22-5-3-4-6-23(22)27(34)32(26)29/h3-12,16,19,24,26H,13-15,17,29H2,1-2H3. The van der Waals surface area contributed by atoms with Gasteiger partial charge in [-0.2, -0.15) is 4.91 Å². The van der Waals surface area contributed by atoms with E-state index in [1.54, 1.807) is 19.9 Å². The van der Waals surface area contributed by atoms with Gasteiger partial charge < -0.3 is 9.64 Å². The zero-order valence-corrected chi connectivity index (χ0v) is 20.5. The normalized spacial score (nSPS) is 22.8. The minimum absolute atomic E-state index is 0.0536. The summed E-state index contributed by atoms with van der Waals surface area (Å²) < 4.78 is 5.80. The van der Waals surface area contributed by atoms with E-state index >= 15 is 0 Å².